The zero-order valence-corrected chi connectivity index (χ0v) is 10.6. The summed E-state index contributed by atoms with van der Waals surface area (Å²) in [5.74, 6) is 0.515. The predicted molar refractivity (Wildman–Crippen MR) is 69.7 cm³/mol. The second-order valence-electron chi connectivity index (χ2n) is 4.39. The van der Waals surface area contributed by atoms with Crippen LogP contribution in [0.15, 0.2) is 18.2 Å². The number of carboxylic acids is 1. The third kappa shape index (κ3) is 1.72. The second-order valence-corrected chi connectivity index (χ2v) is 4.39. The summed E-state index contributed by atoms with van der Waals surface area (Å²) in [5, 5.41) is 8.99. The number of hydrogen-bond donors (Lipinski definition) is 2. The van der Waals surface area contributed by atoms with Crippen LogP contribution in [0, 0.1) is 6.92 Å². The van der Waals surface area contributed by atoms with Crippen LogP contribution >= 0.6 is 0 Å². The van der Waals surface area contributed by atoms with E-state index in [1.165, 1.54) is 0 Å². The molecule has 3 aromatic rings. The average molecular weight is 259 g/mol. The molecular weight excluding hydrogens is 246 g/mol. The van der Waals surface area contributed by atoms with Crippen LogP contribution in [-0.4, -0.2) is 32.6 Å². The van der Waals surface area contributed by atoms with E-state index in [1.807, 2.05) is 29.5 Å². The summed E-state index contributed by atoms with van der Waals surface area (Å²) in [6.45, 7) is 1.85. The Labute approximate surface area is 108 Å². The first-order valence-electron chi connectivity index (χ1n) is 5.85. The van der Waals surface area contributed by atoms with Gasteiger partial charge in [-0.05, 0) is 19.1 Å². The quantitative estimate of drug-likeness (QED) is 0.751. The molecule has 0 aliphatic heterocycles. The van der Waals surface area contributed by atoms with Crippen molar-refractivity contribution in [3.63, 3.8) is 0 Å². The normalized spacial score (nSPS) is 11.3. The molecule has 0 radical (unpaired) electrons. The van der Waals surface area contributed by atoms with Gasteiger partial charge in [0, 0.05) is 11.8 Å². The van der Waals surface area contributed by atoms with Gasteiger partial charge in [-0.1, -0.05) is 0 Å². The molecule has 3 rings (SSSR count). The molecule has 2 N–H and O–H groups in total. The van der Waals surface area contributed by atoms with Crippen molar-refractivity contribution < 1.29 is 14.6 Å². The number of H-pyrrole nitrogens is 1. The van der Waals surface area contributed by atoms with E-state index in [-0.39, 0.29) is 6.42 Å². The Morgan fingerprint density at radius 1 is 1.53 bits per heavy atom. The van der Waals surface area contributed by atoms with E-state index in [9.17, 15) is 4.79 Å². The van der Waals surface area contributed by atoms with E-state index in [2.05, 4.69) is 9.97 Å². The number of ether oxygens (including phenoxy) is 1. The number of fused-ring (bicyclic) bond motifs is 3. The minimum absolute atomic E-state index is 0.0384. The summed E-state index contributed by atoms with van der Waals surface area (Å²) in [7, 11) is 1.60. The van der Waals surface area contributed by atoms with E-state index in [0.717, 1.165) is 28.2 Å². The second kappa shape index (κ2) is 4.01. The van der Waals surface area contributed by atoms with Crippen molar-refractivity contribution in [2.24, 2.45) is 0 Å². The van der Waals surface area contributed by atoms with Crippen molar-refractivity contribution in [1.29, 1.82) is 0 Å². The molecule has 0 bridgehead atoms. The fraction of sp³-hybridized carbons (Fsp3) is 0.231. The summed E-state index contributed by atoms with van der Waals surface area (Å²) in [5.41, 5.74) is 3.19. The Morgan fingerprint density at radius 3 is 3.00 bits per heavy atom. The molecule has 6 heteroatoms. The Bertz CT molecular complexity index is 785. The van der Waals surface area contributed by atoms with Gasteiger partial charge in [0.2, 0.25) is 5.78 Å². The van der Waals surface area contributed by atoms with Gasteiger partial charge in [-0.15, -0.1) is 0 Å². The number of aromatic amines is 1. The molecule has 0 saturated heterocycles. The molecule has 0 atom stereocenters. The van der Waals surface area contributed by atoms with E-state index >= 15 is 0 Å². The van der Waals surface area contributed by atoms with Gasteiger partial charge in [0.25, 0.3) is 0 Å². The highest BCUT2D eigenvalue weighted by Gasteiger charge is 2.16. The lowest BCUT2D eigenvalue weighted by atomic mass is 10.2. The maximum atomic E-state index is 11.0. The van der Waals surface area contributed by atoms with Crippen LogP contribution in [0.1, 0.15) is 11.4 Å². The molecule has 0 unspecified atom stereocenters. The van der Waals surface area contributed by atoms with Crippen molar-refractivity contribution in [1.82, 2.24) is 14.4 Å². The lowest BCUT2D eigenvalue weighted by Crippen LogP contribution is -2.04. The number of rotatable bonds is 3. The van der Waals surface area contributed by atoms with Gasteiger partial charge in [0.1, 0.15) is 5.75 Å². The molecule has 0 spiro atoms. The zero-order chi connectivity index (χ0) is 13.6. The molecule has 2 heterocycles. The monoisotopic (exact) mass is 259 g/mol. The number of imidazole rings is 2. The molecule has 0 aliphatic rings. The lowest BCUT2D eigenvalue weighted by Gasteiger charge is -2.01. The molecule has 0 aliphatic carbocycles. The van der Waals surface area contributed by atoms with Crippen LogP contribution in [0.25, 0.3) is 16.8 Å². The van der Waals surface area contributed by atoms with Crippen molar-refractivity contribution in [3.05, 3.63) is 29.6 Å². The van der Waals surface area contributed by atoms with Gasteiger partial charge in [0.05, 0.1) is 30.3 Å². The summed E-state index contributed by atoms with van der Waals surface area (Å²) < 4.78 is 7.01. The number of nitrogens with zero attached hydrogens (tertiary/aromatic N) is 2. The largest absolute Gasteiger partial charge is 0.497 e. The minimum atomic E-state index is -0.862. The number of hydrogen-bond acceptors (Lipinski definition) is 3. The number of aromatic nitrogens is 3. The smallest absolute Gasteiger partial charge is 0.309 e. The number of carboxylic acid groups (broad SMARTS) is 1. The molecule has 2 aromatic heterocycles. The Kier molecular flexibility index (Phi) is 2.45. The van der Waals surface area contributed by atoms with Crippen LogP contribution in [0.5, 0.6) is 5.75 Å². The fourth-order valence-corrected chi connectivity index (χ4v) is 2.31. The first-order valence-corrected chi connectivity index (χ1v) is 5.85. The summed E-state index contributed by atoms with van der Waals surface area (Å²) >= 11 is 0. The number of benzene rings is 1. The number of aryl methyl sites for hydroxylation is 1. The molecule has 1 aromatic carbocycles. The highest BCUT2D eigenvalue weighted by atomic mass is 16.5. The van der Waals surface area contributed by atoms with Crippen molar-refractivity contribution in [3.8, 4) is 5.75 Å². The number of carbonyl (C=O) groups is 1. The third-order valence-corrected chi connectivity index (χ3v) is 3.18. The van der Waals surface area contributed by atoms with E-state index in [0.29, 0.717) is 5.78 Å². The van der Waals surface area contributed by atoms with Crippen LogP contribution in [0.2, 0.25) is 0 Å². The van der Waals surface area contributed by atoms with Crippen molar-refractivity contribution in [2.75, 3.05) is 7.11 Å². The van der Waals surface area contributed by atoms with Crippen LogP contribution in [-0.2, 0) is 11.2 Å². The van der Waals surface area contributed by atoms with Gasteiger partial charge in [0.15, 0.2) is 0 Å². The summed E-state index contributed by atoms with van der Waals surface area (Å²) in [6.07, 6.45) is -0.0384. The molecule has 0 fully saturated rings. The Hall–Kier alpha value is -2.50. The van der Waals surface area contributed by atoms with E-state index in [4.69, 9.17) is 9.84 Å². The van der Waals surface area contributed by atoms with E-state index in [1.54, 1.807) is 7.11 Å². The van der Waals surface area contributed by atoms with Gasteiger partial charge in [-0.3, -0.25) is 9.20 Å². The van der Waals surface area contributed by atoms with Crippen molar-refractivity contribution >= 4 is 22.8 Å². The lowest BCUT2D eigenvalue weighted by molar-refractivity contribution is -0.136. The molecule has 0 saturated carbocycles. The molecule has 6 nitrogen and oxygen atoms in total. The van der Waals surface area contributed by atoms with Gasteiger partial charge < -0.3 is 14.8 Å². The molecule has 19 heavy (non-hydrogen) atoms. The van der Waals surface area contributed by atoms with Crippen LogP contribution in [0.3, 0.4) is 0 Å². The predicted octanol–water partition coefficient (Wildman–Crippen LogP) is 1.76. The summed E-state index contributed by atoms with van der Waals surface area (Å²) in [6, 6.07) is 5.55. The third-order valence-electron chi connectivity index (χ3n) is 3.18. The topological polar surface area (TPSA) is 79.6 Å². The maximum absolute atomic E-state index is 11.0. The number of methoxy groups -OCH3 is 1. The summed E-state index contributed by atoms with van der Waals surface area (Å²) in [4.78, 5) is 18.5. The zero-order valence-electron chi connectivity index (χ0n) is 10.6. The fourth-order valence-electron chi connectivity index (χ4n) is 2.31. The van der Waals surface area contributed by atoms with E-state index < -0.39 is 5.97 Å². The minimum Gasteiger partial charge on any atom is -0.497 e. The first kappa shape index (κ1) is 11.6. The Morgan fingerprint density at radius 2 is 2.32 bits per heavy atom. The van der Waals surface area contributed by atoms with Crippen molar-refractivity contribution in [2.45, 2.75) is 13.3 Å². The number of nitrogens with one attached hydrogen (secondary N) is 1. The standard InChI is InChI=1S/C13H13N3O3/c1-7-11(6-12(17)18)16-10-4-3-8(19-2)5-9(10)15-13(16)14-7/h3-5H,6H2,1-2H3,(H,14,15)(H,17,18). The number of aliphatic carboxylic acids is 1. The molecule has 0 amide bonds. The van der Waals surface area contributed by atoms with Gasteiger partial charge in [-0.25, -0.2) is 4.98 Å². The highest BCUT2D eigenvalue weighted by Crippen LogP contribution is 2.24. The SMILES string of the molecule is COc1ccc2c(c1)nc1[nH]c(C)c(CC(=O)O)n12. The Balaban J connectivity index is 2.31. The molecular formula is C13H13N3O3. The van der Waals surface area contributed by atoms with Crippen LogP contribution in [0.4, 0.5) is 0 Å². The molecule has 98 valence electrons. The first-order chi connectivity index (χ1) is 9.10. The average Bonchev–Trinajstić information content (AvgIpc) is 2.85. The van der Waals surface area contributed by atoms with Gasteiger partial charge in [-0.2, -0.15) is 0 Å². The maximum Gasteiger partial charge on any atom is 0.309 e. The van der Waals surface area contributed by atoms with Crippen LogP contribution < -0.4 is 4.74 Å². The van der Waals surface area contributed by atoms with Gasteiger partial charge >= 0.3 is 5.97 Å². The highest BCUT2D eigenvalue weighted by molar-refractivity contribution is 5.82.